The molecule has 1 atom stereocenters. The summed E-state index contributed by atoms with van der Waals surface area (Å²) in [5.74, 6) is 0.983. The van der Waals surface area contributed by atoms with Crippen LogP contribution < -0.4 is 14.2 Å². The summed E-state index contributed by atoms with van der Waals surface area (Å²) in [5, 5.41) is 0.796. The second-order valence-corrected chi connectivity index (χ2v) is 8.20. The van der Waals surface area contributed by atoms with E-state index in [0.717, 1.165) is 6.42 Å². The zero-order valence-corrected chi connectivity index (χ0v) is 15.8. The molecule has 0 saturated heterocycles. The van der Waals surface area contributed by atoms with Crippen LogP contribution in [-0.4, -0.2) is 21.6 Å². The minimum Gasteiger partial charge on any atom is -0.490 e. The third-order valence-electron chi connectivity index (χ3n) is 3.80. The minimum atomic E-state index is -3.74. The average Bonchev–Trinajstić information content (AvgIpc) is 2.81. The highest BCUT2D eigenvalue weighted by atomic mass is 35.5. The van der Waals surface area contributed by atoms with Crippen molar-refractivity contribution >= 4 is 33.2 Å². The largest absolute Gasteiger partial charge is 0.490 e. The first-order valence-corrected chi connectivity index (χ1v) is 9.98. The summed E-state index contributed by atoms with van der Waals surface area (Å²) < 4.78 is 39.1. The molecule has 1 aliphatic rings. The summed E-state index contributed by atoms with van der Waals surface area (Å²) in [5.41, 5.74) is 0.715. The van der Waals surface area contributed by atoms with Crippen LogP contribution in [0.2, 0.25) is 10.0 Å². The van der Waals surface area contributed by atoms with Crippen molar-refractivity contribution in [1.82, 2.24) is 4.72 Å². The van der Waals surface area contributed by atoms with E-state index in [2.05, 4.69) is 4.72 Å². The van der Waals surface area contributed by atoms with E-state index in [0.29, 0.717) is 40.3 Å². The Hall–Kier alpha value is -1.47. The first kappa shape index (κ1) is 18.3. The molecule has 2 aromatic rings. The predicted molar refractivity (Wildman–Crippen MR) is 97.2 cm³/mol. The number of rotatable bonds is 4. The maximum absolute atomic E-state index is 12.7. The molecule has 0 spiro atoms. The molecule has 1 heterocycles. The topological polar surface area (TPSA) is 64.6 Å². The first-order chi connectivity index (χ1) is 11.9. The van der Waals surface area contributed by atoms with Crippen LogP contribution in [0, 0.1) is 0 Å². The van der Waals surface area contributed by atoms with Crippen molar-refractivity contribution in [1.29, 1.82) is 0 Å². The monoisotopic (exact) mass is 401 g/mol. The van der Waals surface area contributed by atoms with Crippen molar-refractivity contribution in [3.63, 3.8) is 0 Å². The van der Waals surface area contributed by atoms with Gasteiger partial charge in [0.05, 0.1) is 28.2 Å². The molecule has 1 N–H and O–H groups in total. The maximum Gasteiger partial charge on any atom is 0.241 e. The fourth-order valence-electron chi connectivity index (χ4n) is 2.46. The molecule has 3 rings (SSSR count). The summed E-state index contributed by atoms with van der Waals surface area (Å²) in [6.45, 7) is 2.77. The van der Waals surface area contributed by atoms with E-state index >= 15 is 0 Å². The maximum atomic E-state index is 12.7. The number of benzene rings is 2. The van der Waals surface area contributed by atoms with Gasteiger partial charge in [-0.3, -0.25) is 0 Å². The first-order valence-electron chi connectivity index (χ1n) is 7.74. The smallest absolute Gasteiger partial charge is 0.241 e. The average molecular weight is 402 g/mol. The highest BCUT2D eigenvalue weighted by molar-refractivity contribution is 7.89. The van der Waals surface area contributed by atoms with Crippen LogP contribution in [0.5, 0.6) is 11.5 Å². The second kappa shape index (κ2) is 7.41. The number of fused-ring (bicyclic) bond motifs is 1. The van der Waals surface area contributed by atoms with E-state index in [1.807, 2.05) is 0 Å². The zero-order chi connectivity index (χ0) is 18.0. The number of halogens is 2. The molecule has 0 aromatic heterocycles. The standard InChI is InChI=1S/C17H17Cl2NO4S/c1-11(12-3-5-14(18)15(19)9-12)20-25(21,22)13-4-6-16-17(10-13)24-8-2-7-23-16/h3-6,9-11,20H,2,7-8H2,1H3/t11-/m1/s1. The van der Waals surface area contributed by atoms with Gasteiger partial charge in [-0.05, 0) is 36.8 Å². The van der Waals surface area contributed by atoms with Crippen molar-refractivity contribution in [2.75, 3.05) is 13.2 Å². The van der Waals surface area contributed by atoms with Crippen LogP contribution in [0.1, 0.15) is 24.9 Å². The van der Waals surface area contributed by atoms with E-state index in [4.69, 9.17) is 32.7 Å². The van der Waals surface area contributed by atoms with Gasteiger partial charge in [-0.1, -0.05) is 29.3 Å². The molecule has 0 unspecified atom stereocenters. The van der Waals surface area contributed by atoms with Gasteiger partial charge in [0, 0.05) is 18.5 Å². The lowest BCUT2D eigenvalue weighted by molar-refractivity contribution is 0.297. The number of sulfonamides is 1. The fraction of sp³-hybridized carbons (Fsp3) is 0.294. The molecular weight excluding hydrogens is 385 g/mol. The minimum absolute atomic E-state index is 0.115. The fourth-order valence-corrected chi connectivity index (χ4v) is 4.01. The van der Waals surface area contributed by atoms with E-state index in [-0.39, 0.29) is 4.90 Å². The van der Waals surface area contributed by atoms with Gasteiger partial charge in [-0.2, -0.15) is 0 Å². The summed E-state index contributed by atoms with van der Waals surface area (Å²) in [6.07, 6.45) is 0.753. The van der Waals surface area contributed by atoms with E-state index in [1.165, 1.54) is 12.1 Å². The summed E-state index contributed by atoms with van der Waals surface area (Å²) in [7, 11) is -3.74. The zero-order valence-electron chi connectivity index (χ0n) is 13.5. The van der Waals surface area contributed by atoms with Crippen LogP contribution >= 0.6 is 23.2 Å². The van der Waals surface area contributed by atoms with Gasteiger partial charge >= 0.3 is 0 Å². The molecule has 0 amide bonds. The van der Waals surface area contributed by atoms with Gasteiger partial charge in [-0.25, -0.2) is 13.1 Å². The second-order valence-electron chi connectivity index (χ2n) is 5.68. The Balaban J connectivity index is 1.83. The lowest BCUT2D eigenvalue weighted by Gasteiger charge is -2.16. The Morgan fingerprint density at radius 1 is 1.00 bits per heavy atom. The van der Waals surface area contributed by atoms with Crippen molar-refractivity contribution in [2.45, 2.75) is 24.3 Å². The van der Waals surface area contributed by atoms with E-state index in [9.17, 15) is 8.42 Å². The summed E-state index contributed by atoms with van der Waals surface area (Å²) in [4.78, 5) is 0.115. The Kier molecular flexibility index (Phi) is 5.43. The van der Waals surface area contributed by atoms with Crippen LogP contribution in [-0.2, 0) is 10.0 Å². The lowest BCUT2D eigenvalue weighted by atomic mass is 10.1. The molecular formula is C17H17Cl2NO4S. The molecule has 0 saturated carbocycles. The van der Waals surface area contributed by atoms with Gasteiger partial charge in [-0.15, -0.1) is 0 Å². The Labute approximate surface area is 156 Å². The van der Waals surface area contributed by atoms with Gasteiger partial charge in [0.15, 0.2) is 11.5 Å². The molecule has 2 aromatic carbocycles. The van der Waals surface area contributed by atoms with E-state index < -0.39 is 16.1 Å². The third kappa shape index (κ3) is 4.20. The normalized spacial score (nSPS) is 15.5. The van der Waals surface area contributed by atoms with Gasteiger partial charge in [0.1, 0.15) is 0 Å². The number of nitrogens with one attached hydrogen (secondary N) is 1. The van der Waals surface area contributed by atoms with Crippen LogP contribution in [0.25, 0.3) is 0 Å². The number of ether oxygens (including phenoxy) is 2. The van der Waals surface area contributed by atoms with Crippen LogP contribution in [0.4, 0.5) is 0 Å². The Morgan fingerprint density at radius 2 is 1.72 bits per heavy atom. The van der Waals surface area contributed by atoms with Crippen molar-refractivity contribution < 1.29 is 17.9 Å². The summed E-state index contributed by atoms with van der Waals surface area (Å²) in [6, 6.07) is 9.12. The van der Waals surface area contributed by atoms with Crippen molar-refractivity contribution in [3.05, 3.63) is 52.0 Å². The molecule has 0 radical (unpaired) electrons. The molecule has 0 aliphatic carbocycles. The van der Waals surface area contributed by atoms with Crippen molar-refractivity contribution in [2.24, 2.45) is 0 Å². The van der Waals surface area contributed by atoms with Gasteiger partial charge in [0.25, 0.3) is 0 Å². The predicted octanol–water partition coefficient (Wildman–Crippen LogP) is 4.19. The highest BCUT2D eigenvalue weighted by Crippen LogP contribution is 2.32. The molecule has 25 heavy (non-hydrogen) atoms. The third-order valence-corrected chi connectivity index (χ3v) is 6.08. The molecule has 1 aliphatic heterocycles. The lowest BCUT2D eigenvalue weighted by Crippen LogP contribution is -2.27. The van der Waals surface area contributed by atoms with Crippen LogP contribution in [0.3, 0.4) is 0 Å². The Bertz CT molecular complexity index is 886. The number of hydrogen-bond acceptors (Lipinski definition) is 4. The van der Waals surface area contributed by atoms with Crippen molar-refractivity contribution in [3.8, 4) is 11.5 Å². The van der Waals surface area contributed by atoms with Gasteiger partial charge < -0.3 is 9.47 Å². The summed E-state index contributed by atoms with van der Waals surface area (Å²) >= 11 is 11.9. The molecule has 0 fully saturated rings. The van der Waals surface area contributed by atoms with Crippen LogP contribution in [0.15, 0.2) is 41.3 Å². The van der Waals surface area contributed by atoms with E-state index in [1.54, 1.807) is 31.2 Å². The molecule has 5 nitrogen and oxygen atoms in total. The molecule has 134 valence electrons. The molecule has 0 bridgehead atoms. The van der Waals surface area contributed by atoms with Gasteiger partial charge in [0.2, 0.25) is 10.0 Å². The SMILES string of the molecule is C[C@@H](NS(=O)(=O)c1ccc2c(c1)OCCCO2)c1ccc(Cl)c(Cl)c1. The Morgan fingerprint density at radius 3 is 2.44 bits per heavy atom. The molecule has 8 heteroatoms. The quantitative estimate of drug-likeness (QED) is 0.833. The number of hydrogen-bond donors (Lipinski definition) is 1. The highest BCUT2D eigenvalue weighted by Gasteiger charge is 2.21.